The Labute approximate surface area is 105 Å². The molecule has 3 heteroatoms. The van der Waals surface area contributed by atoms with Crippen LogP contribution in [-0.2, 0) is 0 Å². The second-order valence-electron chi connectivity index (χ2n) is 4.68. The third kappa shape index (κ3) is 2.14. The number of carbonyl (C=O) groups is 1. The van der Waals surface area contributed by atoms with Crippen molar-refractivity contribution in [2.45, 2.75) is 13.8 Å². The van der Waals surface area contributed by atoms with Crippen LogP contribution in [0.15, 0.2) is 22.7 Å². The molecule has 0 radical (unpaired) electrons. The first-order valence-corrected chi connectivity index (χ1v) is 6.40. The lowest BCUT2D eigenvalue weighted by Crippen LogP contribution is -2.19. The predicted molar refractivity (Wildman–Crippen MR) is 70.1 cm³/mol. The minimum Gasteiger partial charge on any atom is -0.371 e. The number of anilines is 1. The summed E-state index contributed by atoms with van der Waals surface area (Å²) < 4.78 is 0.882. The molecular weight excluding hydrogens is 266 g/mol. The summed E-state index contributed by atoms with van der Waals surface area (Å²) in [5.41, 5.74) is 1.91. The molecule has 0 aromatic heterocycles. The Kier molecular flexibility index (Phi) is 3.33. The summed E-state index contributed by atoms with van der Waals surface area (Å²) >= 11 is 3.43. The third-order valence-electron chi connectivity index (χ3n) is 3.46. The number of hydrogen-bond donors (Lipinski definition) is 0. The second-order valence-corrected chi connectivity index (χ2v) is 5.54. The van der Waals surface area contributed by atoms with E-state index in [0.29, 0.717) is 5.56 Å². The zero-order valence-corrected chi connectivity index (χ0v) is 11.2. The van der Waals surface area contributed by atoms with Crippen LogP contribution in [0, 0.1) is 11.8 Å². The minimum atomic E-state index is 0.712. The molecule has 16 heavy (non-hydrogen) atoms. The molecule has 0 N–H and O–H groups in total. The molecule has 1 saturated heterocycles. The lowest BCUT2D eigenvalue weighted by Gasteiger charge is -2.19. The second kappa shape index (κ2) is 4.58. The van der Waals surface area contributed by atoms with Crippen molar-refractivity contribution >= 4 is 27.9 Å². The molecule has 2 rings (SSSR count). The van der Waals surface area contributed by atoms with Crippen molar-refractivity contribution in [1.29, 1.82) is 0 Å². The average Bonchev–Trinajstić information content (AvgIpc) is 2.59. The fourth-order valence-corrected chi connectivity index (χ4v) is 2.61. The van der Waals surface area contributed by atoms with Gasteiger partial charge >= 0.3 is 0 Å². The lowest BCUT2D eigenvalue weighted by atomic mass is 10.0. The van der Waals surface area contributed by atoms with Gasteiger partial charge in [0.15, 0.2) is 6.29 Å². The summed E-state index contributed by atoms with van der Waals surface area (Å²) in [6.45, 7) is 6.79. The van der Waals surface area contributed by atoms with Crippen LogP contribution >= 0.6 is 15.9 Å². The van der Waals surface area contributed by atoms with Crippen molar-refractivity contribution in [3.63, 3.8) is 0 Å². The van der Waals surface area contributed by atoms with Crippen molar-refractivity contribution < 1.29 is 4.79 Å². The maximum atomic E-state index is 10.7. The highest BCUT2D eigenvalue weighted by Crippen LogP contribution is 2.30. The number of hydrogen-bond acceptors (Lipinski definition) is 2. The van der Waals surface area contributed by atoms with Gasteiger partial charge in [-0.2, -0.15) is 0 Å². The number of carbonyl (C=O) groups excluding carboxylic acids is 1. The summed E-state index contributed by atoms with van der Waals surface area (Å²) in [7, 11) is 0. The Morgan fingerprint density at radius 2 is 1.94 bits per heavy atom. The smallest absolute Gasteiger partial charge is 0.151 e. The van der Waals surface area contributed by atoms with Gasteiger partial charge in [-0.05, 0) is 46.0 Å². The first-order chi connectivity index (χ1) is 7.61. The van der Waals surface area contributed by atoms with Crippen LogP contribution in [-0.4, -0.2) is 19.4 Å². The molecule has 1 aromatic rings. The summed E-state index contributed by atoms with van der Waals surface area (Å²) in [4.78, 5) is 13.1. The van der Waals surface area contributed by atoms with E-state index in [4.69, 9.17) is 0 Å². The van der Waals surface area contributed by atoms with Crippen molar-refractivity contribution in [2.24, 2.45) is 11.8 Å². The van der Waals surface area contributed by atoms with Crippen LogP contribution in [0.2, 0.25) is 0 Å². The normalized spacial score (nSPS) is 24.8. The fraction of sp³-hybridized carbons (Fsp3) is 0.462. The van der Waals surface area contributed by atoms with E-state index in [2.05, 4.69) is 34.7 Å². The van der Waals surface area contributed by atoms with Gasteiger partial charge in [-0.3, -0.25) is 4.79 Å². The molecule has 2 nitrogen and oxygen atoms in total. The molecule has 0 spiro atoms. The topological polar surface area (TPSA) is 20.3 Å². The van der Waals surface area contributed by atoms with Crippen LogP contribution < -0.4 is 4.90 Å². The van der Waals surface area contributed by atoms with E-state index in [9.17, 15) is 4.79 Å². The van der Waals surface area contributed by atoms with E-state index in [1.807, 2.05) is 18.2 Å². The first kappa shape index (κ1) is 11.6. The number of halogens is 1. The van der Waals surface area contributed by atoms with Crippen LogP contribution in [0.5, 0.6) is 0 Å². The molecule has 1 aromatic carbocycles. The van der Waals surface area contributed by atoms with Gasteiger partial charge in [-0.1, -0.05) is 13.8 Å². The molecule has 86 valence electrons. The SMILES string of the molecule is CC1CN(c2ccc(C=O)c(Br)c2)CC1C. The molecule has 1 aliphatic rings. The molecule has 0 aliphatic carbocycles. The zero-order valence-electron chi connectivity index (χ0n) is 9.61. The van der Waals surface area contributed by atoms with Crippen molar-refractivity contribution in [3.05, 3.63) is 28.2 Å². The highest BCUT2D eigenvalue weighted by Gasteiger charge is 2.26. The third-order valence-corrected chi connectivity index (χ3v) is 4.15. The average molecular weight is 282 g/mol. The highest BCUT2D eigenvalue weighted by molar-refractivity contribution is 9.10. The Morgan fingerprint density at radius 1 is 1.31 bits per heavy atom. The summed E-state index contributed by atoms with van der Waals surface area (Å²) in [6.07, 6.45) is 0.878. The fourth-order valence-electron chi connectivity index (χ4n) is 2.15. The standard InChI is InChI=1S/C13H16BrNO/c1-9-6-15(7-10(9)2)12-4-3-11(8-16)13(14)5-12/h3-5,8-10H,6-7H2,1-2H3. The summed E-state index contributed by atoms with van der Waals surface area (Å²) in [5.74, 6) is 1.48. The Balaban J connectivity index is 2.22. The van der Waals surface area contributed by atoms with E-state index < -0.39 is 0 Å². The largest absolute Gasteiger partial charge is 0.371 e. The maximum Gasteiger partial charge on any atom is 0.151 e. The van der Waals surface area contributed by atoms with Gasteiger partial charge < -0.3 is 4.90 Å². The molecular formula is C13H16BrNO. The Morgan fingerprint density at radius 3 is 2.44 bits per heavy atom. The van der Waals surface area contributed by atoms with Crippen LogP contribution in [0.4, 0.5) is 5.69 Å². The molecule has 0 bridgehead atoms. The first-order valence-electron chi connectivity index (χ1n) is 5.61. The number of rotatable bonds is 2. The van der Waals surface area contributed by atoms with Gasteiger partial charge in [0.05, 0.1) is 0 Å². The summed E-state index contributed by atoms with van der Waals surface area (Å²) in [6, 6.07) is 5.94. The van der Waals surface area contributed by atoms with E-state index in [1.54, 1.807) is 0 Å². The van der Waals surface area contributed by atoms with Gasteiger partial charge in [0.25, 0.3) is 0 Å². The molecule has 2 unspecified atom stereocenters. The van der Waals surface area contributed by atoms with Gasteiger partial charge in [-0.25, -0.2) is 0 Å². The number of aldehydes is 1. The van der Waals surface area contributed by atoms with Crippen LogP contribution in [0.3, 0.4) is 0 Å². The number of nitrogens with zero attached hydrogens (tertiary/aromatic N) is 1. The van der Waals surface area contributed by atoms with E-state index in [0.717, 1.165) is 35.7 Å². The highest BCUT2D eigenvalue weighted by atomic mass is 79.9. The predicted octanol–water partition coefficient (Wildman–Crippen LogP) is 3.35. The van der Waals surface area contributed by atoms with Crippen LogP contribution in [0.25, 0.3) is 0 Å². The van der Waals surface area contributed by atoms with Crippen molar-refractivity contribution in [2.75, 3.05) is 18.0 Å². The van der Waals surface area contributed by atoms with Gasteiger partial charge in [0, 0.05) is 28.8 Å². The molecule has 1 heterocycles. The Hall–Kier alpha value is -0.830. The Bertz CT molecular complexity index is 395. The quantitative estimate of drug-likeness (QED) is 0.775. The van der Waals surface area contributed by atoms with Gasteiger partial charge in [0.1, 0.15) is 0 Å². The molecule has 1 aliphatic heterocycles. The lowest BCUT2D eigenvalue weighted by molar-refractivity contribution is 0.112. The molecule has 0 amide bonds. The van der Waals surface area contributed by atoms with E-state index in [-0.39, 0.29) is 0 Å². The van der Waals surface area contributed by atoms with E-state index >= 15 is 0 Å². The zero-order chi connectivity index (χ0) is 11.7. The van der Waals surface area contributed by atoms with Gasteiger partial charge in [0.2, 0.25) is 0 Å². The molecule has 1 fully saturated rings. The van der Waals surface area contributed by atoms with Crippen molar-refractivity contribution in [1.82, 2.24) is 0 Å². The van der Waals surface area contributed by atoms with E-state index in [1.165, 1.54) is 5.69 Å². The van der Waals surface area contributed by atoms with Crippen molar-refractivity contribution in [3.8, 4) is 0 Å². The van der Waals surface area contributed by atoms with Crippen LogP contribution in [0.1, 0.15) is 24.2 Å². The molecule has 2 atom stereocenters. The minimum absolute atomic E-state index is 0.712. The molecule has 0 saturated carbocycles. The maximum absolute atomic E-state index is 10.7. The number of benzene rings is 1. The van der Waals surface area contributed by atoms with Gasteiger partial charge in [-0.15, -0.1) is 0 Å². The summed E-state index contributed by atoms with van der Waals surface area (Å²) in [5, 5.41) is 0. The monoisotopic (exact) mass is 281 g/mol.